The number of hydrogen-bond donors (Lipinski definition) is 3. The van der Waals surface area contributed by atoms with Gasteiger partial charge in [0.2, 0.25) is 0 Å². The summed E-state index contributed by atoms with van der Waals surface area (Å²) in [5.41, 5.74) is 6.44. The van der Waals surface area contributed by atoms with Crippen LogP contribution < -0.4 is 10.7 Å². The van der Waals surface area contributed by atoms with Crippen molar-refractivity contribution >= 4 is 35.3 Å². The van der Waals surface area contributed by atoms with Crippen molar-refractivity contribution in [2.45, 2.75) is 13.5 Å². The molecule has 7 nitrogen and oxygen atoms in total. The number of amides is 2. The Balaban J connectivity index is 1.68. The van der Waals surface area contributed by atoms with Gasteiger partial charge in [0.05, 0.1) is 24.1 Å². The molecule has 3 aromatic rings. The van der Waals surface area contributed by atoms with Gasteiger partial charge in [0.1, 0.15) is 0 Å². The van der Waals surface area contributed by atoms with Crippen molar-refractivity contribution in [2.24, 2.45) is 5.10 Å². The molecular weight excluding hydrogens is 452 g/mol. The highest BCUT2D eigenvalue weighted by molar-refractivity contribution is 6.31. The molecule has 2 amide bonds. The van der Waals surface area contributed by atoms with Crippen LogP contribution in [0.15, 0.2) is 71.8 Å². The average molecular weight is 479 g/mol. The Hall–Kier alpha value is -3.52. The van der Waals surface area contributed by atoms with Gasteiger partial charge in [-0.15, -0.1) is 0 Å². The number of halogens is 1. The number of nitrogens with zero attached hydrogens (tertiary/aromatic N) is 2. The van der Waals surface area contributed by atoms with E-state index < -0.39 is 5.91 Å². The zero-order valence-corrected chi connectivity index (χ0v) is 19.8. The lowest BCUT2D eigenvalue weighted by molar-refractivity contribution is 0.0956. The van der Waals surface area contributed by atoms with E-state index in [4.69, 9.17) is 16.7 Å². The Morgan fingerprint density at radius 3 is 2.41 bits per heavy atom. The van der Waals surface area contributed by atoms with E-state index in [0.717, 1.165) is 16.7 Å². The van der Waals surface area contributed by atoms with Gasteiger partial charge in [-0.3, -0.25) is 14.5 Å². The maximum Gasteiger partial charge on any atom is 0.273 e. The fraction of sp³-hybridized carbons (Fsp3) is 0.192. The van der Waals surface area contributed by atoms with Crippen LogP contribution in [0.1, 0.15) is 37.4 Å². The van der Waals surface area contributed by atoms with Crippen molar-refractivity contribution in [1.82, 2.24) is 10.3 Å². The van der Waals surface area contributed by atoms with E-state index in [1.165, 1.54) is 6.07 Å². The highest BCUT2D eigenvalue weighted by atomic mass is 35.5. The molecule has 8 heteroatoms. The smallest absolute Gasteiger partial charge is 0.273 e. The van der Waals surface area contributed by atoms with Crippen LogP contribution >= 0.6 is 11.6 Å². The predicted octanol–water partition coefficient (Wildman–Crippen LogP) is 4.09. The Bertz CT molecular complexity index is 1160. The Morgan fingerprint density at radius 2 is 1.74 bits per heavy atom. The van der Waals surface area contributed by atoms with Crippen molar-refractivity contribution < 1.29 is 14.7 Å². The largest absolute Gasteiger partial charge is 0.395 e. The molecule has 0 aliphatic rings. The molecule has 176 valence electrons. The summed E-state index contributed by atoms with van der Waals surface area (Å²) in [7, 11) is 1.91. The number of anilines is 1. The fourth-order valence-electron chi connectivity index (χ4n) is 3.21. The van der Waals surface area contributed by atoms with Gasteiger partial charge in [-0.05, 0) is 55.4 Å². The SMILES string of the molecule is Cc1ccc(/C=N/NC(=O)c2cc(Cl)ccc2NC(=O)c2ccc(CN(C)CCO)cc2)cc1. The molecular formula is C26H27ClN4O3. The van der Waals surface area contributed by atoms with Crippen LogP contribution in [0.3, 0.4) is 0 Å². The van der Waals surface area contributed by atoms with Crippen LogP contribution in [0.4, 0.5) is 5.69 Å². The molecule has 0 bridgehead atoms. The molecule has 0 atom stereocenters. The summed E-state index contributed by atoms with van der Waals surface area (Å²) in [6.07, 6.45) is 1.54. The van der Waals surface area contributed by atoms with Gasteiger partial charge in [0.25, 0.3) is 11.8 Å². The standard InChI is InChI=1S/C26H27ClN4O3/c1-18-3-5-19(6-4-18)16-28-30-26(34)23-15-22(27)11-12-24(23)29-25(33)21-9-7-20(8-10-21)17-31(2)13-14-32/h3-12,15-16,32H,13-14,17H2,1-2H3,(H,29,33)(H,30,34)/b28-16+. The monoisotopic (exact) mass is 478 g/mol. The number of hydrazone groups is 1. The summed E-state index contributed by atoms with van der Waals surface area (Å²) >= 11 is 6.09. The van der Waals surface area contributed by atoms with Gasteiger partial charge < -0.3 is 10.4 Å². The molecule has 0 aliphatic heterocycles. The Kier molecular flexibility index (Phi) is 8.93. The normalized spacial score (nSPS) is 11.1. The highest BCUT2D eigenvalue weighted by Crippen LogP contribution is 2.22. The Morgan fingerprint density at radius 1 is 1.03 bits per heavy atom. The van der Waals surface area contributed by atoms with E-state index in [-0.39, 0.29) is 18.1 Å². The van der Waals surface area contributed by atoms with E-state index in [1.54, 1.807) is 30.5 Å². The first-order valence-electron chi connectivity index (χ1n) is 10.7. The second kappa shape index (κ2) is 12.1. The molecule has 0 aromatic heterocycles. The third-order valence-corrected chi connectivity index (χ3v) is 5.32. The summed E-state index contributed by atoms with van der Waals surface area (Å²) in [4.78, 5) is 27.5. The maximum atomic E-state index is 12.8. The Labute approximate surface area is 204 Å². The van der Waals surface area contributed by atoms with Crippen molar-refractivity contribution in [2.75, 3.05) is 25.5 Å². The summed E-state index contributed by atoms with van der Waals surface area (Å²) < 4.78 is 0. The molecule has 3 aromatic carbocycles. The lowest BCUT2D eigenvalue weighted by Gasteiger charge is -2.15. The van der Waals surface area contributed by atoms with Crippen molar-refractivity contribution in [3.63, 3.8) is 0 Å². The number of carbonyl (C=O) groups is 2. The van der Waals surface area contributed by atoms with Crippen molar-refractivity contribution in [1.29, 1.82) is 0 Å². The highest BCUT2D eigenvalue weighted by Gasteiger charge is 2.15. The summed E-state index contributed by atoms with van der Waals surface area (Å²) in [6, 6.07) is 19.5. The van der Waals surface area contributed by atoms with Gasteiger partial charge in [-0.1, -0.05) is 53.6 Å². The quantitative estimate of drug-likeness (QED) is 0.319. The molecule has 0 spiro atoms. The molecule has 0 radical (unpaired) electrons. The number of benzene rings is 3. The first-order chi connectivity index (χ1) is 16.4. The number of hydrogen-bond acceptors (Lipinski definition) is 5. The second-order valence-corrected chi connectivity index (χ2v) is 8.35. The number of carbonyl (C=O) groups excluding carboxylic acids is 2. The van der Waals surface area contributed by atoms with E-state index >= 15 is 0 Å². The first-order valence-corrected chi connectivity index (χ1v) is 11.1. The molecule has 0 aliphatic carbocycles. The maximum absolute atomic E-state index is 12.8. The van der Waals surface area contributed by atoms with Crippen LogP contribution in [0, 0.1) is 6.92 Å². The molecule has 3 rings (SSSR count). The number of likely N-dealkylation sites (N-methyl/N-ethyl adjacent to an activating group) is 1. The van der Waals surface area contributed by atoms with E-state index in [9.17, 15) is 9.59 Å². The van der Waals surface area contributed by atoms with Crippen LogP contribution in [-0.4, -0.2) is 48.2 Å². The van der Waals surface area contributed by atoms with Crippen LogP contribution in [0.5, 0.6) is 0 Å². The van der Waals surface area contributed by atoms with E-state index in [1.807, 2.05) is 55.3 Å². The van der Waals surface area contributed by atoms with Gasteiger partial charge >= 0.3 is 0 Å². The first kappa shape index (κ1) is 25.1. The molecule has 34 heavy (non-hydrogen) atoms. The second-order valence-electron chi connectivity index (χ2n) is 7.91. The van der Waals surface area contributed by atoms with Gasteiger partial charge in [-0.25, -0.2) is 5.43 Å². The van der Waals surface area contributed by atoms with Crippen molar-refractivity contribution in [3.8, 4) is 0 Å². The number of rotatable bonds is 9. The van der Waals surface area contributed by atoms with Crippen LogP contribution in [-0.2, 0) is 6.54 Å². The number of aliphatic hydroxyl groups is 1. The predicted molar refractivity (Wildman–Crippen MR) is 136 cm³/mol. The van der Waals surface area contributed by atoms with Crippen LogP contribution in [0.2, 0.25) is 5.02 Å². The number of nitrogens with one attached hydrogen (secondary N) is 2. The zero-order valence-electron chi connectivity index (χ0n) is 19.1. The fourth-order valence-corrected chi connectivity index (χ4v) is 3.38. The lowest BCUT2D eigenvalue weighted by atomic mass is 10.1. The molecule has 0 heterocycles. The van der Waals surface area contributed by atoms with Gasteiger partial charge in [-0.2, -0.15) is 5.10 Å². The molecule has 0 saturated carbocycles. The molecule has 3 N–H and O–H groups in total. The van der Waals surface area contributed by atoms with Crippen LogP contribution in [0.25, 0.3) is 0 Å². The molecule has 0 saturated heterocycles. The summed E-state index contributed by atoms with van der Waals surface area (Å²) in [5, 5.41) is 16.2. The van der Waals surface area contributed by atoms with E-state index in [2.05, 4.69) is 15.8 Å². The minimum atomic E-state index is -0.497. The average Bonchev–Trinajstić information content (AvgIpc) is 2.82. The summed E-state index contributed by atoms with van der Waals surface area (Å²) in [6.45, 7) is 3.31. The third kappa shape index (κ3) is 7.25. The van der Waals surface area contributed by atoms with Gasteiger partial charge in [0.15, 0.2) is 0 Å². The van der Waals surface area contributed by atoms with Crippen molar-refractivity contribution in [3.05, 3.63) is 99.6 Å². The number of aryl methyl sites for hydroxylation is 1. The van der Waals surface area contributed by atoms with Gasteiger partial charge in [0, 0.05) is 23.7 Å². The minimum absolute atomic E-state index is 0.0885. The number of aliphatic hydroxyl groups excluding tert-OH is 1. The molecule has 0 fully saturated rings. The third-order valence-electron chi connectivity index (χ3n) is 5.08. The van der Waals surface area contributed by atoms with E-state index in [0.29, 0.717) is 29.4 Å². The minimum Gasteiger partial charge on any atom is -0.395 e. The lowest BCUT2D eigenvalue weighted by Crippen LogP contribution is -2.22. The topological polar surface area (TPSA) is 94.0 Å². The summed E-state index contributed by atoms with van der Waals surface area (Å²) in [5.74, 6) is -0.849. The zero-order chi connectivity index (χ0) is 24.5. The molecule has 0 unspecified atom stereocenters.